The van der Waals surface area contributed by atoms with E-state index in [1.807, 2.05) is 16.7 Å². The zero-order chi connectivity index (χ0) is 24.6. The molecular weight excluding hydrogens is 563 g/mol. The number of ether oxygens (including phenoxy) is 2. The summed E-state index contributed by atoms with van der Waals surface area (Å²) in [5.74, 6) is 1.21. The Hall–Kier alpha value is -3.64. The lowest BCUT2D eigenvalue weighted by Crippen LogP contribution is -2.16. The van der Waals surface area contributed by atoms with E-state index in [1.165, 1.54) is 35.6 Å². The van der Waals surface area contributed by atoms with E-state index in [4.69, 9.17) is 9.47 Å². The van der Waals surface area contributed by atoms with Crippen LogP contribution in [0.4, 0.5) is 24.5 Å². The molecule has 0 radical (unpaired) electrons. The zero-order valence-corrected chi connectivity index (χ0v) is 20.8. The second-order valence-corrected chi connectivity index (χ2v) is 8.48. The summed E-state index contributed by atoms with van der Waals surface area (Å²) in [5, 5.41) is 13.1. The molecule has 36 heavy (non-hydrogen) atoms. The Kier molecular flexibility index (Phi) is 7.18. The molecule has 0 unspecified atom stereocenters. The quantitative estimate of drug-likeness (QED) is 0.194. The molecule has 12 heteroatoms. The maximum atomic E-state index is 13.2. The van der Waals surface area contributed by atoms with Gasteiger partial charge in [0.2, 0.25) is 6.79 Å². The van der Waals surface area contributed by atoms with E-state index < -0.39 is 16.7 Å². The number of thiazole rings is 1. The molecule has 0 saturated heterocycles. The number of alkyl halides is 3. The highest BCUT2D eigenvalue weighted by Crippen LogP contribution is 2.34. The van der Waals surface area contributed by atoms with Gasteiger partial charge in [-0.1, -0.05) is 24.3 Å². The summed E-state index contributed by atoms with van der Waals surface area (Å²) in [4.78, 5) is 15.7. The van der Waals surface area contributed by atoms with Gasteiger partial charge in [0, 0.05) is 23.1 Å². The summed E-state index contributed by atoms with van der Waals surface area (Å²) < 4.78 is 52.2. The Morgan fingerprint density at radius 1 is 1.03 bits per heavy atom. The Morgan fingerprint density at radius 3 is 2.58 bits per heavy atom. The van der Waals surface area contributed by atoms with Crippen molar-refractivity contribution in [1.82, 2.24) is 4.57 Å². The number of hydrogen-bond acceptors (Lipinski definition) is 6. The molecule has 5 rings (SSSR count). The normalized spacial score (nSPS) is 12.9. The van der Waals surface area contributed by atoms with Gasteiger partial charge in [-0.15, -0.1) is 28.3 Å². The van der Waals surface area contributed by atoms with Crippen molar-refractivity contribution in [3.8, 4) is 22.8 Å². The van der Waals surface area contributed by atoms with E-state index in [-0.39, 0.29) is 35.1 Å². The van der Waals surface area contributed by atoms with E-state index in [9.17, 15) is 23.3 Å². The molecule has 0 atom stereocenters. The number of benzene rings is 3. The molecule has 2 heterocycles. The van der Waals surface area contributed by atoms with E-state index in [0.717, 1.165) is 17.7 Å². The van der Waals surface area contributed by atoms with Gasteiger partial charge in [0.25, 0.3) is 5.69 Å². The predicted molar refractivity (Wildman–Crippen MR) is 133 cm³/mol. The first kappa shape index (κ1) is 25.5. The fourth-order valence-electron chi connectivity index (χ4n) is 3.67. The second-order valence-electron chi connectivity index (χ2n) is 7.64. The minimum absolute atomic E-state index is 0. The number of hydrogen-bond donors (Lipinski definition) is 0. The molecule has 0 amide bonds. The van der Waals surface area contributed by atoms with Gasteiger partial charge in [-0.05, 0) is 35.9 Å². The number of halogens is 4. The maximum absolute atomic E-state index is 13.2. The lowest BCUT2D eigenvalue weighted by molar-refractivity contribution is -0.384. The van der Waals surface area contributed by atoms with Crippen LogP contribution in [0.5, 0.6) is 11.5 Å². The van der Waals surface area contributed by atoms with Crippen molar-refractivity contribution in [1.29, 1.82) is 0 Å². The highest BCUT2D eigenvalue weighted by molar-refractivity contribution is 8.93. The summed E-state index contributed by atoms with van der Waals surface area (Å²) in [6.07, 6.45) is -4.49. The van der Waals surface area contributed by atoms with Gasteiger partial charge in [-0.3, -0.25) is 10.1 Å². The van der Waals surface area contributed by atoms with Crippen molar-refractivity contribution in [3.63, 3.8) is 0 Å². The Labute approximate surface area is 217 Å². The third-order valence-corrected chi connectivity index (χ3v) is 6.19. The zero-order valence-electron chi connectivity index (χ0n) is 18.3. The summed E-state index contributed by atoms with van der Waals surface area (Å²) in [6, 6.07) is 16.4. The van der Waals surface area contributed by atoms with Crippen molar-refractivity contribution >= 4 is 39.7 Å². The van der Waals surface area contributed by atoms with Crippen molar-refractivity contribution < 1.29 is 27.6 Å². The summed E-state index contributed by atoms with van der Waals surface area (Å²) in [5.41, 5.74) is 1.34. The molecule has 0 fully saturated rings. The number of aromatic nitrogens is 1. The molecular formula is C24H17BrF3N3O4S. The number of nitro groups is 1. The molecule has 0 N–H and O–H groups in total. The van der Waals surface area contributed by atoms with Crippen LogP contribution in [0, 0.1) is 10.1 Å². The molecule has 3 aromatic carbocycles. The van der Waals surface area contributed by atoms with Crippen LogP contribution in [-0.4, -0.2) is 16.3 Å². The third-order valence-electron chi connectivity index (χ3n) is 5.33. The Bertz CT molecular complexity index is 1500. The lowest BCUT2D eigenvalue weighted by atomic mass is 10.1. The molecule has 186 valence electrons. The molecule has 4 aromatic rings. The number of rotatable bonds is 5. The van der Waals surface area contributed by atoms with Gasteiger partial charge in [-0.2, -0.15) is 13.2 Å². The first-order chi connectivity index (χ1) is 16.8. The van der Waals surface area contributed by atoms with E-state index in [1.54, 1.807) is 23.6 Å². The van der Waals surface area contributed by atoms with Crippen LogP contribution in [0.25, 0.3) is 11.3 Å². The fraction of sp³-hybridized carbons (Fsp3) is 0.125. The van der Waals surface area contributed by atoms with Crippen molar-refractivity contribution in [2.45, 2.75) is 12.7 Å². The number of nitrogens with zero attached hydrogens (tertiary/aromatic N) is 3. The molecule has 0 saturated carbocycles. The minimum atomic E-state index is -4.49. The van der Waals surface area contributed by atoms with Gasteiger partial charge < -0.3 is 14.0 Å². The lowest BCUT2D eigenvalue weighted by Gasteiger charge is -2.11. The van der Waals surface area contributed by atoms with Crippen molar-refractivity contribution in [3.05, 3.63) is 98.2 Å². The summed E-state index contributed by atoms with van der Waals surface area (Å²) in [7, 11) is 0. The molecule has 1 aliphatic rings. The Balaban J connectivity index is 0.00000304. The molecule has 1 aliphatic heterocycles. The molecule has 0 aliphatic carbocycles. The third kappa shape index (κ3) is 5.29. The van der Waals surface area contributed by atoms with E-state index in [0.29, 0.717) is 34.1 Å². The van der Waals surface area contributed by atoms with Crippen LogP contribution in [-0.2, 0) is 12.7 Å². The highest BCUT2D eigenvalue weighted by Gasteiger charge is 2.30. The van der Waals surface area contributed by atoms with Crippen LogP contribution in [0.15, 0.2) is 77.1 Å². The molecule has 0 bridgehead atoms. The number of nitro benzene ring substituents is 1. The smallest absolute Gasteiger partial charge is 0.416 e. The highest BCUT2D eigenvalue weighted by atomic mass is 79.9. The number of non-ortho nitro benzene ring substituents is 1. The fourth-order valence-corrected chi connectivity index (χ4v) is 4.59. The van der Waals surface area contributed by atoms with Crippen molar-refractivity contribution in [2.24, 2.45) is 4.99 Å². The summed E-state index contributed by atoms with van der Waals surface area (Å²) in [6.45, 7) is 0.426. The SMILES string of the molecule is Br.O=[N+]([O-])c1cccc(-c2csc(=Nc3cccc(C(F)(F)F)c3)n2Cc2ccc3c(c2)OCO3)c1. The van der Waals surface area contributed by atoms with Crippen LogP contribution in [0.1, 0.15) is 11.1 Å². The van der Waals surface area contributed by atoms with Crippen LogP contribution >= 0.6 is 28.3 Å². The molecule has 7 nitrogen and oxygen atoms in total. The van der Waals surface area contributed by atoms with Crippen LogP contribution < -0.4 is 14.3 Å². The first-order valence-corrected chi connectivity index (χ1v) is 11.2. The summed E-state index contributed by atoms with van der Waals surface area (Å²) >= 11 is 1.23. The van der Waals surface area contributed by atoms with Crippen molar-refractivity contribution in [2.75, 3.05) is 6.79 Å². The average Bonchev–Trinajstić information content (AvgIpc) is 3.46. The molecule has 0 spiro atoms. The van der Waals surface area contributed by atoms with E-state index >= 15 is 0 Å². The average molecular weight is 580 g/mol. The monoisotopic (exact) mass is 579 g/mol. The second kappa shape index (κ2) is 10.2. The van der Waals surface area contributed by atoms with E-state index in [2.05, 4.69) is 4.99 Å². The number of fused-ring (bicyclic) bond motifs is 1. The van der Waals surface area contributed by atoms with Crippen LogP contribution in [0.2, 0.25) is 0 Å². The minimum Gasteiger partial charge on any atom is -0.454 e. The van der Waals surface area contributed by atoms with Gasteiger partial charge in [0.05, 0.1) is 28.4 Å². The van der Waals surface area contributed by atoms with Gasteiger partial charge in [0.15, 0.2) is 16.3 Å². The maximum Gasteiger partial charge on any atom is 0.416 e. The topological polar surface area (TPSA) is 78.9 Å². The van der Waals surface area contributed by atoms with Gasteiger partial charge in [-0.25, -0.2) is 4.99 Å². The molecule has 1 aromatic heterocycles. The van der Waals surface area contributed by atoms with Gasteiger partial charge in [0.1, 0.15) is 0 Å². The Morgan fingerprint density at radius 2 is 1.81 bits per heavy atom. The standard InChI is InChI=1S/C24H16F3N3O4S.BrH/c25-24(26,27)17-4-2-5-18(11-17)28-23-29(12-15-7-8-21-22(9-15)34-14-33-21)20(13-35-23)16-3-1-6-19(10-16)30(31)32;/h1-11,13H,12,14H2;1H. The van der Waals surface area contributed by atoms with Gasteiger partial charge >= 0.3 is 6.18 Å². The first-order valence-electron chi connectivity index (χ1n) is 10.3. The predicted octanol–water partition coefficient (Wildman–Crippen LogP) is 6.73. The largest absolute Gasteiger partial charge is 0.454 e. The van der Waals surface area contributed by atoms with Crippen LogP contribution in [0.3, 0.4) is 0 Å².